The Morgan fingerprint density at radius 3 is 2.33 bits per heavy atom. The first-order chi connectivity index (χ1) is 7.35. The van der Waals surface area contributed by atoms with E-state index in [1.807, 2.05) is 30.3 Å². The number of imidazole rings is 1. The van der Waals surface area contributed by atoms with Gasteiger partial charge in [0.15, 0.2) is 0 Å². The molecule has 0 saturated carbocycles. The molecule has 0 amide bonds. The lowest BCUT2D eigenvalue weighted by molar-refractivity contribution is 1.18. The number of nitrogens with zero attached hydrogens (tertiary/aromatic N) is 1. The van der Waals surface area contributed by atoms with Crippen LogP contribution in [0, 0.1) is 0 Å². The van der Waals surface area contributed by atoms with Crippen LogP contribution in [-0.2, 0) is 11.5 Å². The molecule has 0 unspecified atom stereocenters. The Kier molecular flexibility index (Phi) is 3.38. The summed E-state index contributed by atoms with van der Waals surface area (Å²) in [7, 11) is 0. The third-order valence-electron chi connectivity index (χ3n) is 2.22. The molecule has 0 saturated heterocycles. The SMILES string of the molecule is SCc1nc(-c2ccccc2)[nH]c1CS. The van der Waals surface area contributed by atoms with E-state index in [2.05, 4.69) is 35.2 Å². The fourth-order valence-corrected chi connectivity index (χ4v) is 1.96. The Morgan fingerprint density at radius 2 is 1.80 bits per heavy atom. The van der Waals surface area contributed by atoms with Crippen LogP contribution in [0.25, 0.3) is 11.4 Å². The van der Waals surface area contributed by atoms with Crippen LogP contribution in [0.2, 0.25) is 0 Å². The van der Waals surface area contributed by atoms with Crippen LogP contribution < -0.4 is 0 Å². The van der Waals surface area contributed by atoms with Crippen molar-refractivity contribution < 1.29 is 0 Å². The first-order valence-electron chi connectivity index (χ1n) is 4.70. The van der Waals surface area contributed by atoms with Gasteiger partial charge in [-0.3, -0.25) is 0 Å². The smallest absolute Gasteiger partial charge is 0.137 e. The number of aromatic amines is 1. The van der Waals surface area contributed by atoms with Crippen molar-refractivity contribution >= 4 is 25.3 Å². The van der Waals surface area contributed by atoms with Crippen LogP contribution in [0.4, 0.5) is 0 Å². The minimum atomic E-state index is 0.638. The maximum Gasteiger partial charge on any atom is 0.137 e. The van der Waals surface area contributed by atoms with Crippen LogP contribution in [-0.4, -0.2) is 9.97 Å². The molecule has 15 heavy (non-hydrogen) atoms. The molecule has 2 rings (SSSR count). The fourth-order valence-electron chi connectivity index (χ4n) is 1.44. The van der Waals surface area contributed by atoms with Gasteiger partial charge in [-0.15, -0.1) is 0 Å². The molecule has 0 aliphatic carbocycles. The number of rotatable bonds is 3. The number of nitrogens with one attached hydrogen (secondary N) is 1. The second kappa shape index (κ2) is 4.77. The fraction of sp³-hybridized carbons (Fsp3) is 0.182. The predicted molar refractivity (Wildman–Crippen MR) is 69.4 cm³/mol. The quantitative estimate of drug-likeness (QED) is 0.703. The van der Waals surface area contributed by atoms with E-state index in [0.717, 1.165) is 22.8 Å². The predicted octanol–water partition coefficient (Wildman–Crippen LogP) is 2.94. The molecule has 0 spiro atoms. The van der Waals surface area contributed by atoms with E-state index in [-0.39, 0.29) is 0 Å². The van der Waals surface area contributed by atoms with Gasteiger partial charge in [0.25, 0.3) is 0 Å². The second-order valence-corrected chi connectivity index (χ2v) is 3.83. The Morgan fingerprint density at radius 1 is 1.07 bits per heavy atom. The maximum atomic E-state index is 4.49. The van der Waals surface area contributed by atoms with Gasteiger partial charge in [-0.2, -0.15) is 25.3 Å². The maximum absolute atomic E-state index is 4.49. The lowest BCUT2D eigenvalue weighted by Crippen LogP contribution is -1.84. The van der Waals surface area contributed by atoms with Crippen molar-refractivity contribution in [2.45, 2.75) is 11.5 Å². The number of hydrogen-bond donors (Lipinski definition) is 3. The van der Waals surface area contributed by atoms with E-state index >= 15 is 0 Å². The van der Waals surface area contributed by atoms with Crippen LogP contribution in [0.15, 0.2) is 30.3 Å². The highest BCUT2D eigenvalue weighted by Crippen LogP contribution is 2.19. The van der Waals surface area contributed by atoms with E-state index < -0.39 is 0 Å². The number of H-pyrrole nitrogens is 1. The van der Waals surface area contributed by atoms with Gasteiger partial charge in [-0.25, -0.2) is 4.98 Å². The zero-order chi connectivity index (χ0) is 10.7. The van der Waals surface area contributed by atoms with Crippen LogP contribution >= 0.6 is 25.3 Å². The zero-order valence-corrected chi connectivity index (χ0v) is 9.93. The van der Waals surface area contributed by atoms with Crippen molar-refractivity contribution in [2.75, 3.05) is 0 Å². The molecule has 0 radical (unpaired) electrons. The molecule has 1 heterocycles. The summed E-state index contributed by atoms with van der Waals surface area (Å²) in [5, 5.41) is 0. The molecule has 0 atom stereocenters. The average Bonchev–Trinajstić information content (AvgIpc) is 2.73. The van der Waals surface area contributed by atoms with Gasteiger partial charge in [-0.1, -0.05) is 30.3 Å². The minimum absolute atomic E-state index is 0.638. The summed E-state index contributed by atoms with van der Waals surface area (Å²) in [5.74, 6) is 2.19. The lowest BCUT2D eigenvalue weighted by atomic mass is 10.2. The summed E-state index contributed by atoms with van der Waals surface area (Å²) in [6, 6.07) is 10.1. The molecule has 0 aliphatic rings. The molecular weight excluding hydrogens is 224 g/mol. The van der Waals surface area contributed by atoms with E-state index in [1.165, 1.54) is 0 Å². The van der Waals surface area contributed by atoms with E-state index in [1.54, 1.807) is 0 Å². The molecule has 1 aromatic carbocycles. The normalized spacial score (nSPS) is 10.5. The van der Waals surface area contributed by atoms with Gasteiger partial charge >= 0.3 is 0 Å². The topological polar surface area (TPSA) is 28.7 Å². The first kappa shape index (κ1) is 10.6. The van der Waals surface area contributed by atoms with Gasteiger partial charge in [0.2, 0.25) is 0 Å². The molecule has 0 bridgehead atoms. The number of aromatic nitrogens is 2. The number of thiol groups is 2. The average molecular weight is 236 g/mol. The van der Waals surface area contributed by atoms with Crippen LogP contribution in [0.3, 0.4) is 0 Å². The van der Waals surface area contributed by atoms with Crippen molar-refractivity contribution in [3.8, 4) is 11.4 Å². The van der Waals surface area contributed by atoms with E-state index in [4.69, 9.17) is 0 Å². The van der Waals surface area contributed by atoms with Crippen LogP contribution in [0.1, 0.15) is 11.4 Å². The Labute approximate surface area is 100.0 Å². The summed E-state index contributed by atoms with van der Waals surface area (Å²) in [6.07, 6.45) is 0. The molecule has 2 nitrogen and oxygen atoms in total. The van der Waals surface area contributed by atoms with Crippen molar-refractivity contribution in [1.82, 2.24) is 9.97 Å². The van der Waals surface area contributed by atoms with Gasteiger partial charge in [0.1, 0.15) is 5.82 Å². The van der Waals surface area contributed by atoms with Crippen LogP contribution in [0.5, 0.6) is 0 Å². The highest BCUT2D eigenvalue weighted by atomic mass is 32.1. The standard InChI is InChI=1S/C11H12N2S2/c14-6-9-10(7-15)13-11(12-9)8-4-2-1-3-5-8/h1-5,14-15H,6-7H2,(H,12,13). The summed E-state index contributed by atoms with van der Waals surface area (Å²) < 4.78 is 0. The number of benzene rings is 1. The first-order valence-corrected chi connectivity index (χ1v) is 5.96. The number of hydrogen-bond acceptors (Lipinski definition) is 3. The Bertz CT molecular complexity index is 416. The molecule has 0 aliphatic heterocycles. The lowest BCUT2D eigenvalue weighted by Gasteiger charge is -1.94. The second-order valence-electron chi connectivity index (χ2n) is 3.19. The van der Waals surface area contributed by atoms with Crippen molar-refractivity contribution in [3.63, 3.8) is 0 Å². The molecule has 4 heteroatoms. The van der Waals surface area contributed by atoms with Crippen molar-refractivity contribution in [1.29, 1.82) is 0 Å². The van der Waals surface area contributed by atoms with E-state index in [9.17, 15) is 0 Å². The minimum Gasteiger partial charge on any atom is -0.341 e. The van der Waals surface area contributed by atoms with Gasteiger partial charge in [-0.05, 0) is 0 Å². The van der Waals surface area contributed by atoms with Gasteiger partial charge < -0.3 is 4.98 Å². The highest BCUT2D eigenvalue weighted by Gasteiger charge is 2.08. The summed E-state index contributed by atoms with van der Waals surface area (Å²) >= 11 is 8.50. The van der Waals surface area contributed by atoms with Gasteiger partial charge in [0.05, 0.1) is 5.69 Å². The Balaban J connectivity index is 2.42. The third kappa shape index (κ3) is 2.21. The van der Waals surface area contributed by atoms with Crippen molar-refractivity contribution in [3.05, 3.63) is 41.7 Å². The van der Waals surface area contributed by atoms with Gasteiger partial charge in [0, 0.05) is 22.8 Å². The molecule has 1 aromatic heterocycles. The zero-order valence-electron chi connectivity index (χ0n) is 8.14. The molecular formula is C11H12N2S2. The monoisotopic (exact) mass is 236 g/mol. The molecule has 1 N–H and O–H groups in total. The molecule has 78 valence electrons. The highest BCUT2D eigenvalue weighted by molar-refractivity contribution is 7.79. The molecule has 0 fully saturated rings. The largest absolute Gasteiger partial charge is 0.341 e. The Hall–Kier alpha value is -0.870. The van der Waals surface area contributed by atoms with E-state index in [0.29, 0.717) is 11.5 Å². The summed E-state index contributed by atoms with van der Waals surface area (Å²) in [5.41, 5.74) is 3.12. The summed E-state index contributed by atoms with van der Waals surface area (Å²) in [4.78, 5) is 7.75. The third-order valence-corrected chi connectivity index (χ3v) is 2.84. The van der Waals surface area contributed by atoms with Crippen molar-refractivity contribution in [2.24, 2.45) is 0 Å². The summed E-state index contributed by atoms with van der Waals surface area (Å²) in [6.45, 7) is 0. The molecule has 2 aromatic rings.